The van der Waals surface area contributed by atoms with Gasteiger partial charge in [0.1, 0.15) is 11.5 Å². The lowest BCUT2D eigenvalue weighted by molar-refractivity contribution is 0.435. The Morgan fingerprint density at radius 1 is 0.353 bits per heavy atom. The quantitative estimate of drug-likeness (QED) is 0.182. The Balaban J connectivity index is 1.21. The fourth-order valence-electron chi connectivity index (χ4n) is 9.00. The maximum Gasteiger partial charge on any atom is 0.132 e. The minimum Gasteiger partial charge on any atom is -0.457 e. The molecule has 238 valence electrons. The molecular formula is C49H31NO. The van der Waals surface area contributed by atoms with Crippen LogP contribution in [0, 0.1) is 0 Å². The number of benzene rings is 8. The van der Waals surface area contributed by atoms with Gasteiger partial charge in [-0.05, 0) is 93.0 Å². The van der Waals surface area contributed by atoms with Crippen molar-refractivity contribution in [1.29, 1.82) is 0 Å². The van der Waals surface area contributed by atoms with Crippen molar-refractivity contribution in [1.82, 2.24) is 4.57 Å². The standard InChI is InChI=1S/C49H31NO/c1-2-14-34(15-3-1)50-45-24-12-8-20-39(45)40-30-32(26-28-46(40)50)33-27-29-48-44(31-33)49(43-23-11-13-25-47(43)51-48)41-21-9-6-18-37(41)35-16-4-5-17-36(35)38-19-7-10-22-42(38)49/h1-31H. The van der Waals surface area contributed by atoms with Gasteiger partial charge in [-0.15, -0.1) is 0 Å². The lowest BCUT2D eigenvalue weighted by atomic mass is 9.62. The van der Waals surface area contributed by atoms with E-state index < -0.39 is 5.41 Å². The third kappa shape index (κ3) is 3.87. The molecule has 11 rings (SSSR count). The number of rotatable bonds is 2. The summed E-state index contributed by atoms with van der Waals surface area (Å²) in [7, 11) is 0. The van der Waals surface area contributed by atoms with Crippen molar-refractivity contribution < 1.29 is 4.74 Å². The highest BCUT2D eigenvalue weighted by Crippen LogP contribution is 2.61. The molecule has 0 bridgehead atoms. The molecule has 9 aromatic rings. The van der Waals surface area contributed by atoms with Crippen LogP contribution in [0.3, 0.4) is 0 Å². The Morgan fingerprint density at radius 2 is 0.882 bits per heavy atom. The minimum absolute atomic E-state index is 0.625. The number of nitrogens with zero attached hydrogens (tertiary/aromatic N) is 1. The lowest BCUT2D eigenvalue weighted by Crippen LogP contribution is -2.34. The third-order valence-electron chi connectivity index (χ3n) is 11.1. The van der Waals surface area contributed by atoms with Gasteiger partial charge >= 0.3 is 0 Å². The molecule has 1 aliphatic heterocycles. The van der Waals surface area contributed by atoms with Gasteiger partial charge in [-0.25, -0.2) is 0 Å². The van der Waals surface area contributed by atoms with Gasteiger partial charge in [-0.1, -0.05) is 140 Å². The highest BCUT2D eigenvalue weighted by atomic mass is 16.5. The molecule has 8 aromatic carbocycles. The van der Waals surface area contributed by atoms with Crippen LogP contribution in [0.25, 0.3) is 60.9 Å². The second-order valence-electron chi connectivity index (χ2n) is 13.6. The molecule has 0 saturated carbocycles. The highest BCUT2D eigenvalue weighted by molar-refractivity contribution is 6.10. The molecule has 0 atom stereocenters. The monoisotopic (exact) mass is 649 g/mol. The average Bonchev–Trinajstić information content (AvgIpc) is 3.49. The molecule has 2 heterocycles. The SMILES string of the molecule is c1ccc(-n2c3ccccc3c3cc(-c4ccc5c(c4)C4(c6ccccc6O5)c5ccccc5-c5ccccc5-c5ccccc54)ccc32)cc1. The second-order valence-corrected chi connectivity index (χ2v) is 13.6. The summed E-state index contributed by atoms with van der Waals surface area (Å²) in [6.45, 7) is 0. The molecule has 0 saturated heterocycles. The van der Waals surface area contributed by atoms with E-state index >= 15 is 0 Å². The molecule has 0 N–H and O–H groups in total. The van der Waals surface area contributed by atoms with Gasteiger partial charge < -0.3 is 9.30 Å². The predicted octanol–water partition coefficient (Wildman–Crippen LogP) is 12.6. The normalized spacial score (nSPS) is 13.4. The zero-order valence-corrected chi connectivity index (χ0v) is 27.8. The minimum atomic E-state index is -0.625. The van der Waals surface area contributed by atoms with E-state index in [1.165, 1.54) is 60.8 Å². The highest BCUT2D eigenvalue weighted by Gasteiger charge is 2.49. The Hall–Kier alpha value is -6.64. The Kier molecular flexibility index (Phi) is 5.91. The van der Waals surface area contributed by atoms with Crippen LogP contribution in [-0.2, 0) is 5.41 Å². The third-order valence-corrected chi connectivity index (χ3v) is 11.1. The zero-order chi connectivity index (χ0) is 33.5. The smallest absolute Gasteiger partial charge is 0.132 e. The summed E-state index contributed by atoms with van der Waals surface area (Å²) in [5, 5.41) is 2.48. The first-order valence-electron chi connectivity index (χ1n) is 17.6. The summed E-state index contributed by atoms with van der Waals surface area (Å²) in [6, 6.07) is 68.5. The molecule has 2 aliphatic rings. The summed E-state index contributed by atoms with van der Waals surface area (Å²) in [5.41, 5.74) is 15.1. The van der Waals surface area contributed by atoms with Gasteiger partial charge in [-0.2, -0.15) is 0 Å². The number of para-hydroxylation sites is 3. The molecule has 1 aliphatic carbocycles. The second kappa shape index (κ2) is 10.7. The van der Waals surface area contributed by atoms with E-state index in [0.717, 1.165) is 33.9 Å². The van der Waals surface area contributed by atoms with Crippen molar-refractivity contribution in [2.45, 2.75) is 5.41 Å². The van der Waals surface area contributed by atoms with Gasteiger partial charge in [0.25, 0.3) is 0 Å². The molecule has 1 spiro atoms. The van der Waals surface area contributed by atoms with Crippen molar-refractivity contribution in [2.24, 2.45) is 0 Å². The Labute approximate surface area is 296 Å². The van der Waals surface area contributed by atoms with E-state index in [4.69, 9.17) is 4.74 Å². The molecule has 1 aromatic heterocycles. The zero-order valence-electron chi connectivity index (χ0n) is 27.8. The van der Waals surface area contributed by atoms with Gasteiger partial charge in [0.05, 0.1) is 16.4 Å². The summed E-state index contributed by atoms with van der Waals surface area (Å²) in [5.74, 6) is 1.78. The van der Waals surface area contributed by atoms with Gasteiger partial charge in [0.2, 0.25) is 0 Å². The average molecular weight is 650 g/mol. The molecule has 0 fully saturated rings. The summed E-state index contributed by atoms with van der Waals surface area (Å²) >= 11 is 0. The number of hydrogen-bond donors (Lipinski definition) is 0. The van der Waals surface area contributed by atoms with E-state index in [1.807, 2.05) is 0 Å². The topological polar surface area (TPSA) is 14.2 Å². The lowest BCUT2D eigenvalue weighted by Gasteiger charge is -2.42. The fraction of sp³-hybridized carbons (Fsp3) is 0.0204. The van der Waals surface area contributed by atoms with Crippen LogP contribution in [0.4, 0.5) is 0 Å². The first kappa shape index (κ1) is 28.2. The first-order valence-corrected chi connectivity index (χ1v) is 17.6. The van der Waals surface area contributed by atoms with Crippen LogP contribution in [0.2, 0.25) is 0 Å². The van der Waals surface area contributed by atoms with E-state index in [-0.39, 0.29) is 0 Å². The maximum atomic E-state index is 6.82. The van der Waals surface area contributed by atoms with Crippen LogP contribution in [-0.4, -0.2) is 4.57 Å². The number of hydrogen-bond acceptors (Lipinski definition) is 1. The van der Waals surface area contributed by atoms with Crippen molar-refractivity contribution in [3.63, 3.8) is 0 Å². The van der Waals surface area contributed by atoms with E-state index in [1.54, 1.807) is 0 Å². The van der Waals surface area contributed by atoms with E-state index in [9.17, 15) is 0 Å². The van der Waals surface area contributed by atoms with Crippen LogP contribution < -0.4 is 4.74 Å². The van der Waals surface area contributed by atoms with Crippen molar-refractivity contribution in [3.05, 3.63) is 210 Å². The first-order chi connectivity index (χ1) is 25.3. The van der Waals surface area contributed by atoms with Gasteiger partial charge in [-0.3, -0.25) is 0 Å². The van der Waals surface area contributed by atoms with E-state index in [2.05, 4.69) is 193 Å². The number of fused-ring (bicyclic) bond motifs is 14. The van der Waals surface area contributed by atoms with Crippen molar-refractivity contribution in [2.75, 3.05) is 0 Å². The predicted molar refractivity (Wildman–Crippen MR) is 209 cm³/mol. The van der Waals surface area contributed by atoms with Gasteiger partial charge in [0.15, 0.2) is 0 Å². The summed E-state index contributed by atoms with van der Waals surface area (Å²) in [4.78, 5) is 0. The van der Waals surface area contributed by atoms with Gasteiger partial charge in [0, 0.05) is 27.6 Å². The van der Waals surface area contributed by atoms with Crippen LogP contribution in [0.15, 0.2) is 188 Å². The molecule has 2 nitrogen and oxygen atoms in total. The molecule has 0 unspecified atom stereocenters. The van der Waals surface area contributed by atoms with E-state index in [0.29, 0.717) is 0 Å². The Morgan fingerprint density at radius 3 is 1.63 bits per heavy atom. The maximum absolute atomic E-state index is 6.82. The number of ether oxygens (including phenoxy) is 1. The molecule has 0 radical (unpaired) electrons. The van der Waals surface area contributed by atoms with Crippen LogP contribution in [0.5, 0.6) is 11.5 Å². The molecule has 0 amide bonds. The summed E-state index contributed by atoms with van der Waals surface area (Å²) in [6.07, 6.45) is 0. The fourth-order valence-corrected chi connectivity index (χ4v) is 9.00. The van der Waals surface area contributed by atoms with Crippen LogP contribution >= 0.6 is 0 Å². The molecule has 51 heavy (non-hydrogen) atoms. The number of aromatic nitrogens is 1. The van der Waals surface area contributed by atoms with Crippen LogP contribution in [0.1, 0.15) is 22.3 Å². The summed E-state index contributed by atoms with van der Waals surface area (Å²) < 4.78 is 9.19. The molecule has 2 heteroatoms. The Bertz CT molecular complexity index is 2780. The van der Waals surface area contributed by atoms with Crippen molar-refractivity contribution in [3.8, 4) is 50.6 Å². The largest absolute Gasteiger partial charge is 0.457 e. The van der Waals surface area contributed by atoms with Crippen molar-refractivity contribution >= 4 is 21.8 Å². The molecular weight excluding hydrogens is 619 g/mol.